The smallest absolute Gasteiger partial charge is 0.233 e. The summed E-state index contributed by atoms with van der Waals surface area (Å²) < 4.78 is 6.13. The molecule has 2 aromatic rings. The topological polar surface area (TPSA) is 50.4 Å². The van der Waals surface area contributed by atoms with Crippen LogP contribution < -0.4 is 15.4 Å². The van der Waals surface area contributed by atoms with E-state index in [1.807, 2.05) is 43.3 Å². The molecule has 0 unspecified atom stereocenters. The third-order valence-corrected chi connectivity index (χ3v) is 4.44. The summed E-state index contributed by atoms with van der Waals surface area (Å²) in [5.41, 5.74) is 2.32. The number of ether oxygens (including phenoxy) is 1. The van der Waals surface area contributed by atoms with Gasteiger partial charge in [-0.1, -0.05) is 36.4 Å². The second-order valence-electron chi connectivity index (χ2n) is 5.58. The maximum atomic E-state index is 11.9. The number of rotatable bonds is 8. The Bertz CT molecular complexity index is 662. The van der Waals surface area contributed by atoms with E-state index in [9.17, 15) is 4.79 Å². The van der Waals surface area contributed by atoms with E-state index in [0.29, 0.717) is 13.1 Å². The van der Waals surface area contributed by atoms with Crippen LogP contribution in [0.1, 0.15) is 24.1 Å². The highest BCUT2D eigenvalue weighted by Crippen LogP contribution is 2.27. The van der Waals surface area contributed by atoms with Gasteiger partial charge < -0.3 is 15.4 Å². The van der Waals surface area contributed by atoms with Crippen LogP contribution in [0, 0.1) is 0 Å². The van der Waals surface area contributed by atoms with Gasteiger partial charge in [-0.25, -0.2) is 0 Å². The van der Waals surface area contributed by atoms with Crippen molar-refractivity contribution in [1.29, 1.82) is 0 Å². The van der Waals surface area contributed by atoms with Gasteiger partial charge in [0.25, 0.3) is 0 Å². The molecule has 1 amide bonds. The molecule has 0 fully saturated rings. The van der Waals surface area contributed by atoms with E-state index in [1.54, 1.807) is 7.11 Å². The molecule has 0 spiro atoms. The van der Waals surface area contributed by atoms with E-state index < -0.39 is 0 Å². The number of hydrogen-bond acceptors (Lipinski definition) is 3. The van der Waals surface area contributed by atoms with Crippen molar-refractivity contribution in [3.8, 4) is 5.75 Å². The maximum Gasteiger partial charge on any atom is 0.233 e. The molecule has 24 heavy (non-hydrogen) atoms. The van der Waals surface area contributed by atoms with Crippen molar-refractivity contribution in [1.82, 2.24) is 10.6 Å². The first kappa shape index (κ1) is 18.5. The van der Waals surface area contributed by atoms with Gasteiger partial charge in [0, 0.05) is 12.6 Å². The van der Waals surface area contributed by atoms with Crippen molar-refractivity contribution in [2.24, 2.45) is 0 Å². The molecule has 0 bridgehead atoms. The van der Waals surface area contributed by atoms with Crippen molar-refractivity contribution in [2.75, 3.05) is 20.2 Å². The molecule has 0 saturated heterocycles. The summed E-state index contributed by atoms with van der Waals surface area (Å²) in [4.78, 5) is 11.9. The van der Waals surface area contributed by atoms with Gasteiger partial charge in [-0.05, 0) is 52.5 Å². The number of carbonyl (C=O) groups is 1. The molecular formula is C19H23BrN2O2. The van der Waals surface area contributed by atoms with E-state index in [1.165, 1.54) is 5.56 Å². The van der Waals surface area contributed by atoms with E-state index in [-0.39, 0.29) is 11.9 Å². The lowest BCUT2D eigenvalue weighted by molar-refractivity contribution is -0.120. The van der Waals surface area contributed by atoms with Gasteiger partial charge in [0.15, 0.2) is 0 Å². The van der Waals surface area contributed by atoms with Gasteiger partial charge in [0.05, 0.1) is 18.1 Å². The zero-order valence-corrected chi connectivity index (χ0v) is 15.6. The average molecular weight is 391 g/mol. The predicted octanol–water partition coefficient (Wildman–Crippen LogP) is 3.47. The molecule has 2 aromatic carbocycles. The van der Waals surface area contributed by atoms with Crippen molar-refractivity contribution < 1.29 is 9.53 Å². The number of benzene rings is 2. The molecule has 0 aliphatic rings. The zero-order chi connectivity index (χ0) is 17.4. The van der Waals surface area contributed by atoms with Crippen LogP contribution in [0.5, 0.6) is 5.75 Å². The quantitative estimate of drug-likeness (QED) is 0.725. The van der Waals surface area contributed by atoms with Crippen LogP contribution in [-0.2, 0) is 11.2 Å². The summed E-state index contributed by atoms with van der Waals surface area (Å²) in [5.74, 6) is 0.801. The SMILES string of the molecule is COc1ccc([C@@H](C)NCC(=O)NCCc2ccccc2)cc1Br. The molecule has 2 N–H and O–H groups in total. The first-order chi connectivity index (χ1) is 11.6. The number of methoxy groups -OCH3 is 1. The van der Waals surface area contributed by atoms with Gasteiger partial charge in [-0.2, -0.15) is 0 Å². The molecule has 0 aliphatic heterocycles. The largest absolute Gasteiger partial charge is 0.496 e. The van der Waals surface area contributed by atoms with Crippen molar-refractivity contribution in [3.05, 3.63) is 64.1 Å². The Kier molecular flexibility index (Phi) is 7.28. The minimum absolute atomic E-state index is 0.00496. The summed E-state index contributed by atoms with van der Waals surface area (Å²) in [5, 5.41) is 6.18. The van der Waals surface area contributed by atoms with Gasteiger partial charge in [-0.3, -0.25) is 4.79 Å². The van der Waals surface area contributed by atoms with Crippen molar-refractivity contribution in [3.63, 3.8) is 0 Å². The van der Waals surface area contributed by atoms with Gasteiger partial charge in [0.2, 0.25) is 5.91 Å². The summed E-state index contributed by atoms with van der Waals surface area (Å²) in [6, 6.07) is 16.1. The molecule has 0 heterocycles. The number of nitrogens with one attached hydrogen (secondary N) is 2. The Labute approximate surface area is 151 Å². The lowest BCUT2D eigenvalue weighted by atomic mass is 10.1. The van der Waals surface area contributed by atoms with Crippen molar-refractivity contribution in [2.45, 2.75) is 19.4 Å². The minimum Gasteiger partial charge on any atom is -0.496 e. The number of carbonyl (C=O) groups excluding carboxylic acids is 1. The molecule has 0 saturated carbocycles. The monoisotopic (exact) mass is 390 g/mol. The summed E-state index contributed by atoms with van der Waals surface area (Å²) in [6.07, 6.45) is 0.841. The molecule has 1 atom stereocenters. The molecule has 128 valence electrons. The van der Waals surface area contributed by atoms with Crippen LogP contribution in [-0.4, -0.2) is 26.1 Å². The van der Waals surface area contributed by atoms with Crippen LogP contribution >= 0.6 is 15.9 Å². The highest BCUT2D eigenvalue weighted by Gasteiger charge is 2.10. The van der Waals surface area contributed by atoms with E-state index >= 15 is 0 Å². The number of amides is 1. The van der Waals surface area contributed by atoms with E-state index in [0.717, 1.165) is 22.2 Å². The van der Waals surface area contributed by atoms with Crippen LogP contribution in [0.25, 0.3) is 0 Å². The molecular weight excluding hydrogens is 368 g/mol. The van der Waals surface area contributed by atoms with Crippen LogP contribution in [0.4, 0.5) is 0 Å². The Morgan fingerprint density at radius 2 is 1.96 bits per heavy atom. The highest BCUT2D eigenvalue weighted by molar-refractivity contribution is 9.10. The second-order valence-corrected chi connectivity index (χ2v) is 6.44. The van der Waals surface area contributed by atoms with Gasteiger partial charge in [0.1, 0.15) is 5.75 Å². The fourth-order valence-corrected chi connectivity index (χ4v) is 2.93. The Morgan fingerprint density at radius 3 is 2.62 bits per heavy atom. The molecule has 2 rings (SSSR count). The Morgan fingerprint density at radius 1 is 1.21 bits per heavy atom. The third-order valence-electron chi connectivity index (χ3n) is 3.82. The summed E-state index contributed by atoms with van der Waals surface area (Å²) in [6.45, 7) is 2.97. The highest BCUT2D eigenvalue weighted by atomic mass is 79.9. The van der Waals surface area contributed by atoms with Gasteiger partial charge >= 0.3 is 0 Å². The predicted molar refractivity (Wildman–Crippen MR) is 100 cm³/mol. The second kappa shape index (κ2) is 9.45. The van der Waals surface area contributed by atoms with Crippen LogP contribution in [0.2, 0.25) is 0 Å². The fraction of sp³-hybridized carbons (Fsp3) is 0.316. The standard InChI is InChI=1S/C19H23BrN2O2/c1-14(16-8-9-18(24-2)17(20)12-16)22-13-19(23)21-11-10-15-6-4-3-5-7-15/h3-9,12,14,22H,10-11,13H2,1-2H3,(H,21,23)/t14-/m1/s1. The van der Waals surface area contributed by atoms with Crippen molar-refractivity contribution >= 4 is 21.8 Å². The van der Waals surface area contributed by atoms with E-state index in [2.05, 4.69) is 38.7 Å². The third kappa shape index (κ3) is 5.65. The summed E-state index contributed by atoms with van der Waals surface area (Å²) >= 11 is 3.48. The first-order valence-corrected chi connectivity index (χ1v) is 8.77. The van der Waals surface area contributed by atoms with Gasteiger partial charge in [-0.15, -0.1) is 0 Å². The molecule has 5 heteroatoms. The molecule has 0 radical (unpaired) electrons. The van der Waals surface area contributed by atoms with Crippen LogP contribution in [0.15, 0.2) is 53.0 Å². The Hall–Kier alpha value is -1.85. The molecule has 0 aromatic heterocycles. The Balaban J connectivity index is 1.73. The lowest BCUT2D eigenvalue weighted by Crippen LogP contribution is -2.36. The molecule has 0 aliphatic carbocycles. The van der Waals surface area contributed by atoms with Crippen LogP contribution in [0.3, 0.4) is 0 Å². The summed E-state index contributed by atoms with van der Waals surface area (Å²) in [7, 11) is 1.64. The molecule has 4 nitrogen and oxygen atoms in total. The number of hydrogen-bond donors (Lipinski definition) is 2. The fourth-order valence-electron chi connectivity index (χ4n) is 2.37. The maximum absolute atomic E-state index is 11.9. The lowest BCUT2D eigenvalue weighted by Gasteiger charge is -2.15. The first-order valence-electron chi connectivity index (χ1n) is 7.97. The average Bonchev–Trinajstić information content (AvgIpc) is 2.60. The zero-order valence-electron chi connectivity index (χ0n) is 14.0. The minimum atomic E-state index is 0.00496. The number of halogens is 1. The normalized spacial score (nSPS) is 11.8. The van der Waals surface area contributed by atoms with E-state index in [4.69, 9.17) is 4.74 Å².